The maximum atomic E-state index is 12.3. The van der Waals surface area contributed by atoms with Crippen LogP contribution in [0.2, 0.25) is 0 Å². The largest absolute Gasteiger partial charge is 0.324 e. The molecule has 0 radical (unpaired) electrons. The summed E-state index contributed by atoms with van der Waals surface area (Å²) in [7, 11) is 1.59. The Bertz CT molecular complexity index is 826. The Kier molecular flexibility index (Phi) is 6.42. The number of nitrogens with one attached hydrogen (secondary N) is 2. The van der Waals surface area contributed by atoms with Gasteiger partial charge in [0.05, 0.1) is 0 Å². The molecule has 2 aromatic rings. The van der Waals surface area contributed by atoms with Crippen LogP contribution in [0.3, 0.4) is 0 Å². The number of halogens is 1. The summed E-state index contributed by atoms with van der Waals surface area (Å²) in [6.45, 7) is 7.88. The molecule has 2 aromatic carbocycles. The molecule has 26 heavy (non-hydrogen) atoms. The summed E-state index contributed by atoms with van der Waals surface area (Å²) in [4.78, 5) is 26.0. The van der Waals surface area contributed by atoms with Crippen molar-refractivity contribution in [3.8, 4) is 0 Å². The number of urea groups is 1. The summed E-state index contributed by atoms with van der Waals surface area (Å²) in [6, 6.07) is 9.27. The molecule has 2 N–H and O–H groups in total. The van der Waals surface area contributed by atoms with Crippen LogP contribution in [0.1, 0.15) is 22.3 Å². The first-order chi connectivity index (χ1) is 12.2. The van der Waals surface area contributed by atoms with E-state index >= 15 is 0 Å². The zero-order valence-electron chi connectivity index (χ0n) is 15.7. The summed E-state index contributed by atoms with van der Waals surface area (Å²) in [5.41, 5.74) is 5.72. The van der Waals surface area contributed by atoms with E-state index in [1.54, 1.807) is 7.05 Å². The molecule has 3 amide bonds. The zero-order chi connectivity index (χ0) is 19.4. The third-order valence-electron chi connectivity index (χ3n) is 4.09. The SMILES string of the molecule is Cc1cc(C)c(NC(=O)CN(C)C(=O)Nc2ccc(C)c(Br)c2)c(C)c1. The van der Waals surface area contributed by atoms with Crippen molar-refractivity contribution in [2.45, 2.75) is 27.7 Å². The highest BCUT2D eigenvalue weighted by Crippen LogP contribution is 2.22. The molecule has 2 rings (SSSR count). The van der Waals surface area contributed by atoms with Gasteiger partial charge < -0.3 is 15.5 Å². The number of hydrogen-bond donors (Lipinski definition) is 2. The summed E-state index contributed by atoms with van der Waals surface area (Å²) in [5, 5.41) is 5.69. The van der Waals surface area contributed by atoms with Crippen molar-refractivity contribution >= 4 is 39.2 Å². The van der Waals surface area contributed by atoms with Crippen LogP contribution < -0.4 is 10.6 Å². The summed E-state index contributed by atoms with van der Waals surface area (Å²) >= 11 is 3.44. The number of amides is 3. The van der Waals surface area contributed by atoms with Crippen LogP contribution >= 0.6 is 15.9 Å². The predicted octanol–water partition coefficient (Wildman–Crippen LogP) is 4.79. The zero-order valence-corrected chi connectivity index (χ0v) is 17.3. The molecule has 0 heterocycles. The standard InChI is InChI=1S/C20H24BrN3O2/c1-12-8-14(3)19(15(4)9-12)23-18(25)11-24(5)20(26)22-16-7-6-13(2)17(21)10-16/h6-10H,11H2,1-5H3,(H,22,26)(H,23,25). The van der Waals surface area contributed by atoms with Crippen molar-refractivity contribution in [1.82, 2.24) is 4.90 Å². The normalized spacial score (nSPS) is 10.4. The molecule has 6 heteroatoms. The third-order valence-corrected chi connectivity index (χ3v) is 4.95. The van der Waals surface area contributed by atoms with Crippen LogP contribution in [0.5, 0.6) is 0 Å². The van der Waals surface area contributed by atoms with E-state index in [1.807, 2.05) is 58.0 Å². The minimum atomic E-state index is -0.340. The first-order valence-corrected chi connectivity index (χ1v) is 9.12. The van der Waals surface area contributed by atoms with Gasteiger partial charge in [-0.15, -0.1) is 0 Å². The van der Waals surface area contributed by atoms with E-state index in [-0.39, 0.29) is 18.5 Å². The maximum Gasteiger partial charge on any atom is 0.322 e. The monoisotopic (exact) mass is 417 g/mol. The molecule has 138 valence electrons. The molecule has 0 saturated carbocycles. The van der Waals surface area contributed by atoms with Gasteiger partial charge in [0.25, 0.3) is 0 Å². The first kappa shape index (κ1) is 20.0. The van der Waals surface area contributed by atoms with Gasteiger partial charge in [0.2, 0.25) is 5.91 Å². The second kappa shape index (κ2) is 8.36. The van der Waals surface area contributed by atoms with Gasteiger partial charge in [-0.25, -0.2) is 4.79 Å². The van der Waals surface area contributed by atoms with Gasteiger partial charge in [-0.3, -0.25) is 4.79 Å². The number of rotatable bonds is 4. The first-order valence-electron chi connectivity index (χ1n) is 8.33. The van der Waals surface area contributed by atoms with E-state index in [1.165, 1.54) is 4.90 Å². The molecule has 0 aliphatic heterocycles. The second-order valence-corrected chi connectivity index (χ2v) is 7.43. The van der Waals surface area contributed by atoms with Crippen molar-refractivity contribution in [1.29, 1.82) is 0 Å². The summed E-state index contributed by atoms with van der Waals surface area (Å²) in [5.74, 6) is -0.234. The van der Waals surface area contributed by atoms with E-state index < -0.39 is 0 Å². The third kappa shape index (κ3) is 5.08. The molecular formula is C20H24BrN3O2. The van der Waals surface area contributed by atoms with Crippen molar-refractivity contribution < 1.29 is 9.59 Å². The van der Waals surface area contributed by atoms with Crippen LogP contribution in [0, 0.1) is 27.7 Å². The molecule has 0 aliphatic rings. The lowest BCUT2D eigenvalue weighted by molar-refractivity contribution is -0.116. The minimum absolute atomic E-state index is 0.0361. The Morgan fingerprint density at radius 1 is 0.962 bits per heavy atom. The van der Waals surface area contributed by atoms with Gasteiger partial charge in [-0.05, 0) is 56.5 Å². The Morgan fingerprint density at radius 2 is 1.58 bits per heavy atom. The van der Waals surface area contributed by atoms with Gasteiger partial charge >= 0.3 is 6.03 Å². The van der Waals surface area contributed by atoms with E-state index in [0.717, 1.165) is 32.4 Å². The Labute approximate surface area is 162 Å². The van der Waals surface area contributed by atoms with Gasteiger partial charge in [0, 0.05) is 22.9 Å². The van der Waals surface area contributed by atoms with Gasteiger partial charge in [-0.2, -0.15) is 0 Å². The number of carbonyl (C=O) groups excluding carboxylic acids is 2. The number of benzene rings is 2. The van der Waals surface area contributed by atoms with E-state index in [2.05, 4.69) is 26.6 Å². The molecule has 0 fully saturated rings. The molecule has 0 atom stereocenters. The minimum Gasteiger partial charge on any atom is -0.324 e. The van der Waals surface area contributed by atoms with Crippen LogP contribution in [0.15, 0.2) is 34.8 Å². The molecule has 0 aromatic heterocycles. The topological polar surface area (TPSA) is 61.4 Å². The Balaban J connectivity index is 1.98. The number of anilines is 2. The lowest BCUT2D eigenvalue weighted by Crippen LogP contribution is -2.37. The van der Waals surface area contributed by atoms with Crippen molar-refractivity contribution in [3.63, 3.8) is 0 Å². The van der Waals surface area contributed by atoms with Gasteiger partial charge in [0.1, 0.15) is 6.54 Å². The Morgan fingerprint density at radius 3 is 2.15 bits per heavy atom. The molecule has 0 spiro atoms. The van der Waals surface area contributed by atoms with Crippen molar-refractivity contribution in [2.75, 3.05) is 24.2 Å². The quantitative estimate of drug-likeness (QED) is 0.751. The summed E-state index contributed by atoms with van der Waals surface area (Å²) < 4.78 is 0.918. The van der Waals surface area contributed by atoms with Crippen LogP contribution in [-0.2, 0) is 4.79 Å². The molecule has 0 unspecified atom stereocenters. The van der Waals surface area contributed by atoms with Crippen LogP contribution in [0.25, 0.3) is 0 Å². The lowest BCUT2D eigenvalue weighted by atomic mass is 10.1. The highest BCUT2D eigenvalue weighted by atomic mass is 79.9. The predicted molar refractivity (Wildman–Crippen MR) is 110 cm³/mol. The van der Waals surface area contributed by atoms with E-state index in [9.17, 15) is 9.59 Å². The fourth-order valence-electron chi connectivity index (χ4n) is 2.73. The molecule has 0 bridgehead atoms. The fraction of sp³-hybridized carbons (Fsp3) is 0.300. The highest BCUT2D eigenvalue weighted by Gasteiger charge is 2.15. The van der Waals surface area contributed by atoms with Gasteiger partial charge in [-0.1, -0.05) is 39.7 Å². The van der Waals surface area contributed by atoms with Crippen molar-refractivity contribution in [2.24, 2.45) is 0 Å². The average Bonchev–Trinajstić information content (AvgIpc) is 2.54. The summed E-state index contributed by atoms with van der Waals surface area (Å²) in [6.07, 6.45) is 0. The molecular weight excluding hydrogens is 394 g/mol. The number of hydrogen-bond acceptors (Lipinski definition) is 2. The second-order valence-electron chi connectivity index (χ2n) is 6.57. The number of likely N-dealkylation sites (N-methyl/N-ethyl adjacent to an activating group) is 1. The Hall–Kier alpha value is -2.34. The smallest absolute Gasteiger partial charge is 0.322 e. The highest BCUT2D eigenvalue weighted by molar-refractivity contribution is 9.10. The number of carbonyl (C=O) groups is 2. The van der Waals surface area contributed by atoms with Crippen LogP contribution in [0.4, 0.5) is 16.2 Å². The molecule has 0 saturated heterocycles. The van der Waals surface area contributed by atoms with Crippen molar-refractivity contribution in [3.05, 3.63) is 57.1 Å². The molecule has 0 aliphatic carbocycles. The lowest BCUT2D eigenvalue weighted by Gasteiger charge is -2.19. The van der Waals surface area contributed by atoms with Gasteiger partial charge in [0.15, 0.2) is 0 Å². The van der Waals surface area contributed by atoms with E-state index in [4.69, 9.17) is 0 Å². The van der Waals surface area contributed by atoms with Crippen LogP contribution in [-0.4, -0.2) is 30.4 Å². The average molecular weight is 418 g/mol. The number of aryl methyl sites for hydroxylation is 4. The fourth-order valence-corrected chi connectivity index (χ4v) is 3.11. The molecule has 5 nitrogen and oxygen atoms in total. The maximum absolute atomic E-state index is 12.3. The number of nitrogens with zero attached hydrogens (tertiary/aromatic N) is 1. The van der Waals surface area contributed by atoms with E-state index in [0.29, 0.717) is 5.69 Å².